The first-order valence-corrected chi connectivity index (χ1v) is 6.28. The number of hydrogen-bond donors (Lipinski definition) is 1. The van der Waals surface area contributed by atoms with Gasteiger partial charge in [-0.15, -0.1) is 11.8 Å². The van der Waals surface area contributed by atoms with Crippen LogP contribution in [-0.4, -0.2) is 18.8 Å². The Balaban J connectivity index is 2.15. The van der Waals surface area contributed by atoms with Gasteiger partial charge in [0.2, 0.25) is 0 Å². The Morgan fingerprint density at radius 1 is 1.21 bits per heavy atom. The number of thioether (sulfide) groups is 1. The summed E-state index contributed by atoms with van der Waals surface area (Å²) in [5.74, 6) is 1.11. The Hall–Kier alpha value is -0.180. The van der Waals surface area contributed by atoms with Gasteiger partial charge >= 0.3 is 0 Å². The van der Waals surface area contributed by atoms with Crippen LogP contribution in [0.25, 0.3) is 0 Å². The molecule has 1 aromatic rings. The van der Waals surface area contributed by atoms with Gasteiger partial charge in [0.25, 0.3) is 0 Å². The van der Waals surface area contributed by atoms with Crippen LogP contribution in [0.5, 0.6) is 0 Å². The summed E-state index contributed by atoms with van der Waals surface area (Å²) < 4.78 is 0. The predicted octanol–water partition coefficient (Wildman–Crippen LogP) is 3.43. The van der Waals surface area contributed by atoms with Crippen molar-refractivity contribution < 1.29 is 0 Å². The molecule has 0 saturated carbocycles. The summed E-state index contributed by atoms with van der Waals surface area (Å²) in [5, 5.41) is 4.17. The van der Waals surface area contributed by atoms with Crippen LogP contribution in [0.15, 0.2) is 29.2 Å². The van der Waals surface area contributed by atoms with E-state index in [-0.39, 0.29) is 0 Å². The van der Waals surface area contributed by atoms with Crippen molar-refractivity contribution in [1.82, 2.24) is 5.32 Å². The standard InChI is InChI=1S/C11H16ClNS/c1-2-7-13-8-9-14-11-5-3-10(12)4-6-11/h3-6,13H,2,7-9H2,1H3. The van der Waals surface area contributed by atoms with Gasteiger partial charge in [-0.2, -0.15) is 0 Å². The quantitative estimate of drug-likeness (QED) is 0.593. The molecule has 78 valence electrons. The van der Waals surface area contributed by atoms with Crippen LogP contribution >= 0.6 is 23.4 Å². The van der Waals surface area contributed by atoms with Crippen LogP contribution in [0.1, 0.15) is 13.3 Å². The first-order chi connectivity index (χ1) is 6.83. The van der Waals surface area contributed by atoms with E-state index >= 15 is 0 Å². The molecule has 14 heavy (non-hydrogen) atoms. The molecule has 0 aliphatic heterocycles. The molecule has 0 fully saturated rings. The van der Waals surface area contributed by atoms with Crippen molar-refractivity contribution in [3.63, 3.8) is 0 Å². The molecule has 1 nitrogen and oxygen atoms in total. The van der Waals surface area contributed by atoms with Gasteiger partial charge in [-0.05, 0) is 37.2 Å². The first kappa shape index (κ1) is 11.9. The lowest BCUT2D eigenvalue weighted by Crippen LogP contribution is -2.17. The van der Waals surface area contributed by atoms with Crippen LogP contribution < -0.4 is 5.32 Å². The topological polar surface area (TPSA) is 12.0 Å². The van der Waals surface area contributed by atoms with E-state index in [1.54, 1.807) is 0 Å². The van der Waals surface area contributed by atoms with E-state index < -0.39 is 0 Å². The third kappa shape index (κ3) is 4.89. The number of halogens is 1. The molecule has 1 rings (SSSR count). The van der Waals surface area contributed by atoms with Gasteiger partial charge in [0.05, 0.1) is 0 Å². The maximum Gasteiger partial charge on any atom is 0.0406 e. The van der Waals surface area contributed by atoms with Crippen molar-refractivity contribution in [2.75, 3.05) is 18.8 Å². The molecule has 0 radical (unpaired) electrons. The molecule has 0 aliphatic rings. The lowest BCUT2D eigenvalue weighted by molar-refractivity contribution is 0.707. The molecule has 3 heteroatoms. The van der Waals surface area contributed by atoms with E-state index in [1.165, 1.54) is 11.3 Å². The van der Waals surface area contributed by atoms with Crippen molar-refractivity contribution in [3.05, 3.63) is 29.3 Å². The highest BCUT2D eigenvalue weighted by atomic mass is 35.5. The summed E-state index contributed by atoms with van der Waals surface area (Å²) in [4.78, 5) is 1.28. The average molecular weight is 230 g/mol. The third-order valence-corrected chi connectivity index (χ3v) is 3.05. The highest BCUT2D eigenvalue weighted by molar-refractivity contribution is 7.99. The van der Waals surface area contributed by atoms with E-state index in [4.69, 9.17) is 11.6 Å². The molecule has 0 bridgehead atoms. The fourth-order valence-corrected chi connectivity index (χ4v) is 2.01. The van der Waals surface area contributed by atoms with Crippen LogP contribution in [0.3, 0.4) is 0 Å². The second-order valence-electron chi connectivity index (χ2n) is 3.05. The molecule has 0 unspecified atom stereocenters. The highest BCUT2D eigenvalue weighted by Gasteiger charge is 1.93. The summed E-state index contributed by atoms with van der Waals surface area (Å²) in [6.07, 6.45) is 1.20. The van der Waals surface area contributed by atoms with Crippen LogP contribution in [0.2, 0.25) is 5.02 Å². The van der Waals surface area contributed by atoms with Crippen molar-refractivity contribution >= 4 is 23.4 Å². The average Bonchev–Trinajstić information content (AvgIpc) is 2.21. The van der Waals surface area contributed by atoms with Gasteiger partial charge in [0.15, 0.2) is 0 Å². The van der Waals surface area contributed by atoms with E-state index in [0.717, 1.165) is 23.9 Å². The van der Waals surface area contributed by atoms with E-state index in [9.17, 15) is 0 Å². The minimum atomic E-state index is 0.804. The maximum atomic E-state index is 5.79. The highest BCUT2D eigenvalue weighted by Crippen LogP contribution is 2.19. The Morgan fingerprint density at radius 3 is 2.57 bits per heavy atom. The van der Waals surface area contributed by atoms with Gasteiger partial charge in [-0.1, -0.05) is 18.5 Å². The molecule has 0 aromatic heterocycles. The lowest BCUT2D eigenvalue weighted by atomic mass is 10.4. The van der Waals surface area contributed by atoms with E-state index in [2.05, 4.69) is 24.4 Å². The van der Waals surface area contributed by atoms with Crippen molar-refractivity contribution in [3.8, 4) is 0 Å². The maximum absolute atomic E-state index is 5.79. The molecule has 0 saturated heterocycles. The zero-order chi connectivity index (χ0) is 10.2. The molecule has 0 amide bonds. The van der Waals surface area contributed by atoms with Crippen molar-refractivity contribution in [2.45, 2.75) is 18.2 Å². The van der Waals surface area contributed by atoms with Crippen LogP contribution in [-0.2, 0) is 0 Å². The minimum absolute atomic E-state index is 0.804. The van der Waals surface area contributed by atoms with E-state index in [0.29, 0.717) is 0 Å². The molecule has 1 N–H and O–H groups in total. The summed E-state index contributed by atoms with van der Waals surface area (Å²) in [5.41, 5.74) is 0. The molecule has 0 heterocycles. The summed E-state index contributed by atoms with van der Waals surface area (Å²) in [7, 11) is 0. The fourth-order valence-electron chi connectivity index (χ4n) is 1.07. The van der Waals surface area contributed by atoms with Gasteiger partial charge in [-0.3, -0.25) is 0 Å². The Labute approximate surface area is 95.2 Å². The number of rotatable bonds is 6. The second kappa shape index (κ2) is 7.16. The lowest BCUT2D eigenvalue weighted by Gasteiger charge is -2.03. The molecule has 0 aliphatic carbocycles. The number of benzene rings is 1. The third-order valence-electron chi connectivity index (χ3n) is 1.79. The Bertz CT molecular complexity index is 248. The van der Waals surface area contributed by atoms with Crippen molar-refractivity contribution in [1.29, 1.82) is 0 Å². The van der Waals surface area contributed by atoms with Gasteiger partial charge in [-0.25, -0.2) is 0 Å². The van der Waals surface area contributed by atoms with Gasteiger partial charge < -0.3 is 5.32 Å². The number of nitrogens with one attached hydrogen (secondary N) is 1. The summed E-state index contributed by atoms with van der Waals surface area (Å²) >= 11 is 7.65. The van der Waals surface area contributed by atoms with E-state index in [1.807, 2.05) is 23.9 Å². The largest absolute Gasteiger partial charge is 0.316 e. The smallest absolute Gasteiger partial charge is 0.0406 e. The van der Waals surface area contributed by atoms with Crippen LogP contribution in [0, 0.1) is 0 Å². The molecular formula is C11H16ClNS. The van der Waals surface area contributed by atoms with Gasteiger partial charge in [0.1, 0.15) is 0 Å². The predicted molar refractivity (Wildman–Crippen MR) is 65.3 cm³/mol. The van der Waals surface area contributed by atoms with Gasteiger partial charge in [0, 0.05) is 22.2 Å². The first-order valence-electron chi connectivity index (χ1n) is 4.92. The summed E-state index contributed by atoms with van der Waals surface area (Å²) in [6.45, 7) is 4.36. The molecule has 1 aromatic carbocycles. The Morgan fingerprint density at radius 2 is 1.93 bits per heavy atom. The SMILES string of the molecule is CCCNCCSc1ccc(Cl)cc1. The van der Waals surface area contributed by atoms with Crippen molar-refractivity contribution in [2.24, 2.45) is 0 Å². The normalized spacial score (nSPS) is 10.4. The minimum Gasteiger partial charge on any atom is -0.316 e. The Kier molecular flexibility index (Phi) is 6.08. The van der Waals surface area contributed by atoms with Crippen LogP contribution in [0.4, 0.5) is 0 Å². The molecular weight excluding hydrogens is 214 g/mol. The number of hydrogen-bond acceptors (Lipinski definition) is 2. The monoisotopic (exact) mass is 229 g/mol. The zero-order valence-electron chi connectivity index (χ0n) is 8.42. The molecule has 0 spiro atoms. The molecule has 0 atom stereocenters. The second-order valence-corrected chi connectivity index (χ2v) is 4.66. The zero-order valence-corrected chi connectivity index (χ0v) is 10.00. The summed E-state index contributed by atoms with van der Waals surface area (Å²) in [6, 6.07) is 7.99. The fraction of sp³-hybridized carbons (Fsp3) is 0.455.